The summed E-state index contributed by atoms with van der Waals surface area (Å²) in [5.74, 6) is -0.302. The van der Waals surface area contributed by atoms with E-state index < -0.39 is 6.36 Å². The van der Waals surface area contributed by atoms with Crippen molar-refractivity contribution in [3.05, 3.63) is 29.3 Å². The standard InChI is InChI=1S/C10H8F3NO/c1-7-3-2-4-9(8(7)5-6-14)15-10(11,12)13/h2-4H,5H2,1H3. The third-order valence-electron chi connectivity index (χ3n) is 1.85. The minimum Gasteiger partial charge on any atom is -0.405 e. The summed E-state index contributed by atoms with van der Waals surface area (Å²) in [5.41, 5.74) is 0.885. The first kappa shape index (κ1) is 11.4. The summed E-state index contributed by atoms with van der Waals surface area (Å²) in [6, 6.07) is 6.10. The number of hydrogen-bond acceptors (Lipinski definition) is 2. The van der Waals surface area contributed by atoms with Crippen LogP contribution in [0.5, 0.6) is 5.75 Å². The van der Waals surface area contributed by atoms with E-state index >= 15 is 0 Å². The zero-order valence-corrected chi connectivity index (χ0v) is 7.93. The van der Waals surface area contributed by atoms with Crippen LogP contribution in [-0.2, 0) is 6.42 Å². The number of hydrogen-bond donors (Lipinski definition) is 0. The molecule has 0 heterocycles. The SMILES string of the molecule is Cc1cccc(OC(F)(F)F)c1CC#N. The van der Waals surface area contributed by atoms with Crippen molar-refractivity contribution in [3.8, 4) is 11.8 Å². The van der Waals surface area contributed by atoms with Gasteiger partial charge in [0.15, 0.2) is 0 Å². The van der Waals surface area contributed by atoms with Gasteiger partial charge in [0, 0.05) is 5.56 Å². The number of nitriles is 1. The summed E-state index contributed by atoms with van der Waals surface area (Å²) in [6.07, 6.45) is -4.82. The molecule has 0 saturated heterocycles. The molecule has 80 valence electrons. The quantitative estimate of drug-likeness (QED) is 0.759. The maximum Gasteiger partial charge on any atom is 0.573 e. The van der Waals surface area contributed by atoms with E-state index in [2.05, 4.69) is 4.74 Å². The van der Waals surface area contributed by atoms with E-state index in [-0.39, 0.29) is 17.7 Å². The van der Waals surface area contributed by atoms with E-state index in [0.717, 1.165) is 0 Å². The predicted octanol–water partition coefficient (Wildman–Crippen LogP) is 2.96. The number of nitrogens with zero attached hydrogens (tertiary/aromatic N) is 1. The van der Waals surface area contributed by atoms with Crippen LogP contribution in [0.25, 0.3) is 0 Å². The van der Waals surface area contributed by atoms with Crippen LogP contribution in [0, 0.1) is 18.3 Å². The molecule has 0 amide bonds. The highest BCUT2D eigenvalue weighted by atomic mass is 19.4. The van der Waals surface area contributed by atoms with Crippen LogP contribution < -0.4 is 4.74 Å². The highest BCUT2D eigenvalue weighted by molar-refractivity contribution is 5.41. The Morgan fingerprint density at radius 3 is 2.60 bits per heavy atom. The average Bonchev–Trinajstić information content (AvgIpc) is 2.08. The molecule has 0 spiro atoms. The van der Waals surface area contributed by atoms with Crippen molar-refractivity contribution in [3.63, 3.8) is 0 Å². The first-order valence-corrected chi connectivity index (χ1v) is 4.15. The summed E-state index contributed by atoms with van der Waals surface area (Å²) in [4.78, 5) is 0. The molecular weight excluding hydrogens is 207 g/mol. The molecule has 0 saturated carbocycles. The first-order chi connectivity index (χ1) is 6.94. The van der Waals surface area contributed by atoms with Crippen LogP contribution in [0.2, 0.25) is 0 Å². The Bertz CT molecular complexity index is 393. The Hall–Kier alpha value is -1.70. The van der Waals surface area contributed by atoms with Gasteiger partial charge in [-0.2, -0.15) is 5.26 Å². The molecule has 1 rings (SSSR count). The lowest BCUT2D eigenvalue weighted by Gasteiger charge is -2.13. The van der Waals surface area contributed by atoms with Crippen LogP contribution in [-0.4, -0.2) is 6.36 Å². The molecule has 5 heteroatoms. The fourth-order valence-electron chi connectivity index (χ4n) is 1.20. The van der Waals surface area contributed by atoms with Crippen LogP contribution in [0.1, 0.15) is 11.1 Å². The molecule has 1 aromatic carbocycles. The van der Waals surface area contributed by atoms with Gasteiger partial charge in [-0.3, -0.25) is 0 Å². The lowest BCUT2D eigenvalue weighted by molar-refractivity contribution is -0.274. The van der Waals surface area contributed by atoms with E-state index in [1.807, 2.05) is 0 Å². The van der Waals surface area contributed by atoms with E-state index in [1.54, 1.807) is 19.1 Å². The zero-order valence-electron chi connectivity index (χ0n) is 7.93. The van der Waals surface area contributed by atoms with Gasteiger partial charge in [0.25, 0.3) is 0 Å². The summed E-state index contributed by atoms with van der Waals surface area (Å²) in [6.45, 7) is 1.63. The van der Waals surface area contributed by atoms with E-state index in [9.17, 15) is 13.2 Å². The van der Waals surface area contributed by atoms with Crippen LogP contribution in [0.15, 0.2) is 18.2 Å². The zero-order chi connectivity index (χ0) is 11.5. The fraction of sp³-hybridized carbons (Fsp3) is 0.300. The van der Waals surface area contributed by atoms with Crippen molar-refractivity contribution in [1.29, 1.82) is 5.26 Å². The van der Waals surface area contributed by atoms with Gasteiger partial charge in [0.05, 0.1) is 12.5 Å². The Labute approximate surface area is 84.9 Å². The van der Waals surface area contributed by atoms with Crippen molar-refractivity contribution in [1.82, 2.24) is 0 Å². The molecule has 0 aliphatic heterocycles. The van der Waals surface area contributed by atoms with Crippen molar-refractivity contribution in [2.45, 2.75) is 19.7 Å². The first-order valence-electron chi connectivity index (χ1n) is 4.15. The topological polar surface area (TPSA) is 33.0 Å². The van der Waals surface area contributed by atoms with Crippen LogP contribution >= 0.6 is 0 Å². The minimum atomic E-state index is -4.72. The van der Waals surface area contributed by atoms with Gasteiger partial charge in [-0.15, -0.1) is 13.2 Å². The summed E-state index contributed by atoms with van der Waals surface area (Å²) >= 11 is 0. The lowest BCUT2D eigenvalue weighted by atomic mass is 10.1. The summed E-state index contributed by atoms with van der Waals surface area (Å²) in [7, 11) is 0. The Morgan fingerprint density at radius 1 is 1.40 bits per heavy atom. The highest BCUT2D eigenvalue weighted by Crippen LogP contribution is 2.28. The van der Waals surface area contributed by atoms with Gasteiger partial charge in [-0.25, -0.2) is 0 Å². The number of rotatable bonds is 2. The number of aryl methyl sites for hydroxylation is 1. The van der Waals surface area contributed by atoms with Crippen molar-refractivity contribution in [2.75, 3.05) is 0 Å². The maximum absolute atomic E-state index is 12.0. The molecule has 0 unspecified atom stereocenters. The molecule has 0 radical (unpaired) electrons. The lowest BCUT2D eigenvalue weighted by Crippen LogP contribution is -2.18. The summed E-state index contributed by atoms with van der Waals surface area (Å²) in [5, 5.41) is 8.48. The van der Waals surface area contributed by atoms with Gasteiger partial charge in [0.2, 0.25) is 0 Å². The second-order valence-electron chi connectivity index (χ2n) is 2.93. The van der Waals surface area contributed by atoms with Gasteiger partial charge < -0.3 is 4.74 Å². The molecular formula is C10H8F3NO. The Kier molecular flexibility index (Phi) is 3.20. The predicted molar refractivity (Wildman–Crippen MR) is 47.2 cm³/mol. The molecule has 0 aliphatic rings. The third-order valence-corrected chi connectivity index (χ3v) is 1.85. The molecule has 0 atom stereocenters. The molecule has 0 N–H and O–H groups in total. The van der Waals surface area contributed by atoms with Crippen LogP contribution in [0.4, 0.5) is 13.2 Å². The van der Waals surface area contributed by atoms with E-state index in [0.29, 0.717) is 5.56 Å². The molecule has 0 aliphatic carbocycles. The van der Waals surface area contributed by atoms with Gasteiger partial charge in [0.1, 0.15) is 5.75 Å². The molecule has 0 aromatic heterocycles. The molecule has 2 nitrogen and oxygen atoms in total. The molecule has 0 fully saturated rings. The number of halogens is 3. The average molecular weight is 215 g/mol. The summed E-state index contributed by atoms with van der Waals surface area (Å²) < 4.78 is 39.8. The van der Waals surface area contributed by atoms with E-state index in [1.165, 1.54) is 12.1 Å². The smallest absolute Gasteiger partial charge is 0.405 e. The molecule has 1 aromatic rings. The normalized spacial score (nSPS) is 10.9. The van der Waals surface area contributed by atoms with Gasteiger partial charge in [-0.05, 0) is 18.6 Å². The van der Waals surface area contributed by atoms with E-state index in [4.69, 9.17) is 5.26 Å². The third kappa shape index (κ3) is 3.17. The van der Waals surface area contributed by atoms with Crippen molar-refractivity contribution < 1.29 is 17.9 Å². The van der Waals surface area contributed by atoms with Crippen LogP contribution in [0.3, 0.4) is 0 Å². The second kappa shape index (κ2) is 4.22. The molecule has 15 heavy (non-hydrogen) atoms. The maximum atomic E-state index is 12.0. The minimum absolute atomic E-state index is 0.0991. The Balaban J connectivity index is 3.07. The molecule has 0 bridgehead atoms. The van der Waals surface area contributed by atoms with Crippen molar-refractivity contribution >= 4 is 0 Å². The second-order valence-corrected chi connectivity index (χ2v) is 2.93. The van der Waals surface area contributed by atoms with Crippen molar-refractivity contribution in [2.24, 2.45) is 0 Å². The van der Waals surface area contributed by atoms with Gasteiger partial charge in [-0.1, -0.05) is 12.1 Å². The number of alkyl halides is 3. The van der Waals surface area contributed by atoms with Gasteiger partial charge >= 0.3 is 6.36 Å². The largest absolute Gasteiger partial charge is 0.573 e. The number of ether oxygens (including phenoxy) is 1. The monoisotopic (exact) mass is 215 g/mol. The fourth-order valence-corrected chi connectivity index (χ4v) is 1.20. The highest BCUT2D eigenvalue weighted by Gasteiger charge is 2.32. The number of benzene rings is 1. The Morgan fingerprint density at radius 2 is 2.07 bits per heavy atom.